The first-order valence-corrected chi connectivity index (χ1v) is 3.57. The van der Waals surface area contributed by atoms with Crippen molar-refractivity contribution < 1.29 is 4.92 Å². The zero-order valence-electron chi connectivity index (χ0n) is 6.54. The van der Waals surface area contributed by atoms with Crippen LogP contribution in [0.1, 0.15) is 0 Å². The number of hydrogen-bond donors (Lipinski definition) is 1. The first kappa shape index (κ1) is 7.53. The maximum absolute atomic E-state index is 10.5. The van der Waals surface area contributed by atoms with E-state index in [1.807, 2.05) is 0 Å². The molecule has 0 saturated heterocycles. The van der Waals surface area contributed by atoms with E-state index in [9.17, 15) is 10.1 Å². The Morgan fingerprint density at radius 3 is 3.00 bits per heavy atom. The number of imidazole rings is 1. The van der Waals surface area contributed by atoms with Gasteiger partial charge in [-0.3, -0.25) is 4.40 Å². The Morgan fingerprint density at radius 2 is 2.31 bits per heavy atom. The molecule has 0 atom stereocenters. The van der Waals surface area contributed by atoms with Crippen LogP contribution in [0, 0.1) is 10.1 Å². The number of nitrogen functional groups attached to an aromatic ring is 1. The monoisotopic (exact) mass is 178 g/mol. The third-order valence-electron chi connectivity index (χ3n) is 1.73. The average Bonchev–Trinajstić information content (AvgIpc) is 2.45. The first-order valence-electron chi connectivity index (χ1n) is 3.57. The number of rotatable bonds is 1. The van der Waals surface area contributed by atoms with E-state index in [1.165, 1.54) is 4.40 Å². The second-order valence-corrected chi connectivity index (χ2v) is 2.51. The lowest BCUT2D eigenvalue weighted by Crippen LogP contribution is -1.92. The van der Waals surface area contributed by atoms with E-state index < -0.39 is 4.92 Å². The number of nitrogens with two attached hydrogens (primary N) is 1. The van der Waals surface area contributed by atoms with Crippen molar-refractivity contribution in [3.8, 4) is 0 Å². The normalized spacial score (nSPS) is 10.5. The predicted molar refractivity (Wildman–Crippen MR) is 46.3 cm³/mol. The molecule has 0 bridgehead atoms. The van der Waals surface area contributed by atoms with E-state index in [4.69, 9.17) is 5.73 Å². The number of fused-ring (bicyclic) bond motifs is 1. The summed E-state index contributed by atoms with van der Waals surface area (Å²) in [5.41, 5.74) is 5.87. The molecule has 2 heterocycles. The zero-order valence-corrected chi connectivity index (χ0v) is 6.54. The van der Waals surface area contributed by atoms with Crippen molar-refractivity contribution in [2.75, 3.05) is 5.73 Å². The molecule has 2 aromatic rings. The van der Waals surface area contributed by atoms with Crippen LogP contribution >= 0.6 is 0 Å². The fourth-order valence-corrected chi connectivity index (χ4v) is 1.18. The summed E-state index contributed by atoms with van der Waals surface area (Å²) >= 11 is 0. The van der Waals surface area contributed by atoms with Crippen molar-refractivity contribution in [3.63, 3.8) is 0 Å². The van der Waals surface area contributed by atoms with E-state index in [2.05, 4.69) is 4.98 Å². The van der Waals surface area contributed by atoms with Crippen LogP contribution in [0.2, 0.25) is 0 Å². The average molecular weight is 178 g/mol. The summed E-state index contributed by atoms with van der Waals surface area (Å²) in [6.07, 6.45) is 1.63. The number of nitrogens with zero attached hydrogens (tertiary/aromatic N) is 3. The van der Waals surface area contributed by atoms with Crippen molar-refractivity contribution in [2.24, 2.45) is 0 Å². The van der Waals surface area contributed by atoms with Crippen molar-refractivity contribution in [1.29, 1.82) is 0 Å². The van der Waals surface area contributed by atoms with Crippen LogP contribution in [-0.4, -0.2) is 14.3 Å². The summed E-state index contributed by atoms with van der Waals surface area (Å²) in [4.78, 5) is 13.6. The van der Waals surface area contributed by atoms with Gasteiger partial charge in [0, 0.05) is 11.2 Å². The molecule has 66 valence electrons. The van der Waals surface area contributed by atoms with Gasteiger partial charge in [0.1, 0.15) is 5.52 Å². The van der Waals surface area contributed by atoms with Crippen molar-refractivity contribution in [2.45, 2.75) is 0 Å². The zero-order chi connectivity index (χ0) is 9.42. The van der Waals surface area contributed by atoms with Gasteiger partial charge in [0.15, 0.2) is 0 Å². The minimum atomic E-state index is -0.550. The Kier molecular flexibility index (Phi) is 1.42. The van der Waals surface area contributed by atoms with Gasteiger partial charge >= 0.3 is 11.8 Å². The lowest BCUT2D eigenvalue weighted by molar-refractivity contribution is -0.387. The van der Waals surface area contributed by atoms with Crippen LogP contribution in [0.15, 0.2) is 24.4 Å². The topological polar surface area (TPSA) is 86.5 Å². The largest absolute Gasteiger partial charge is 0.391 e. The van der Waals surface area contributed by atoms with Gasteiger partial charge in [0.25, 0.3) is 0 Å². The Bertz CT molecular complexity index is 476. The molecule has 6 nitrogen and oxygen atoms in total. The van der Waals surface area contributed by atoms with Gasteiger partial charge < -0.3 is 15.8 Å². The minimum Gasteiger partial charge on any atom is -0.358 e. The SMILES string of the molecule is Nc1nc([N+](=O)[O-])c2ccccn12. The molecule has 2 rings (SSSR count). The predicted octanol–water partition coefficient (Wildman–Crippen LogP) is 0.825. The van der Waals surface area contributed by atoms with E-state index in [0.717, 1.165) is 0 Å². The molecule has 0 amide bonds. The lowest BCUT2D eigenvalue weighted by atomic mass is 10.4. The molecule has 0 saturated carbocycles. The third kappa shape index (κ3) is 0.994. The number of pyridine rings is 1. The van der Waals surface area contributed by atoms with Crippen molar-refractivity contribution >= 4 is 17.3 Å². The summed E-state index contributed by atoms with van der Waals surface area (Å²) in [6, 6.07) is 5.03. The third-order valence-corrected chi connectivity index (χ3v) is 1.73. The molecule has 6 heteroatoms. The number of anilines is 1. The Labute approximate surface area is 72.8 Å². The summed E-state index contributed by atoms with van der Waals surface area (Å²) in [6.45, 7) is 0. The highest BCUT2D eigenvalue weighted by Crippen LogP contribution is 2.20. The molecular formula is C7H6N4O2. The second-order valence-electron chi connectivity index (χ2n) is 2.51. The molecule has 0 unspecified atom stereocenters. The Balaban J connectivity index is 2.85. The van der Waals surface area contributed by atoms with Gasteiger partial charge in [0.2, 0.25) is 0 Å². The van der Waals surface area contributed by atoms with Gasteiger partial charge in [-0.2, -0.15) is 0 Å². The van der Waals surface area contributed by atoms with Crippen LogP contribution in [0.4, 0.5) is 11.8 Å². The maximum Gasteiger partial charge on any atom is 0.391 e. The molecule has 2 N–H and O–H groups in total. The number of nitro groups is 1. The molecule has 0 radical (unpaired) electrons. The molecule has 0 fully saturated rings. The molecule has 0 aromatic carbocycles. The van der Waals surface area contributed by atoms with Crippen LogP contribution in [-0.2, 0) is 0 Å². The van der Waals surface area contributed by atoms with Crippen molar-refractivity contribution in [1.82, 2.24) is 9.38 Å². The van der Waals surface area contributed by atoms with Gasteiger partial charge in [0.05, 0.1) is 0 Å². The summed E-state index contributed by atoms with van der Waals surface area (Å²) in [7, 11) is 0. The fourth-order valence-electron chi connectivity index (χ4n) is 1.18. The van der Waals surface area contributed by atoms with Crippen LogP contribution in [0.25, 0.3) is 5.52 Å². The highest BCUT2D eigenvalue weighted by Gasteiger charge is 2.18. The van der Waals surface area contributed by atoms with Gasteiger partial charge in [-0.05, 0) is 17.1 Å². The highest BCUT2D eigenvalue weighted by atomic mass is 16.6. The van der Waals surface area contributed by atoms with Crippen LogP contribution in [0.5, 0.6) is 0 Å². The smallest absolute Gasteiger partial charge is 0.358 e. The first-order chi connectivity index (χ1) is 6.20. The Hall–Kier alpha value is -2.11. The van der Waals surface area contributed by atoms with Crippen LogP contribution < -0.4 is 5.73 Å². The summed E-state index contributed by atoms with van der Waals surface area (Å²) < 4.78 is 1.47. The number of hydrogen-bond acceptors (Lipinski definition) is 4. The van der Waals surface area contributed by atoms with E-state index >= 15 is 0 Å². The lowest BCUT2D eigenvalue weighted by Gasteiger charge is -1.90. The molecule has 0 aliphatic carbocycles. The molecular weight excluding hydrogens is 172 g/mol. The van der Waals surface area contributed by atoms with Crippen LogP contribution in [0.3, 0.4) is 0 Å². The standard InChI is InChI=1S/C7H6N4O2/c8-7-9-6(11(12)13)5-3-1-2-4-10(5)7/h1-4H,(H2,8,9). The molecule has 0 aliphatic heterocycles. The molecule has 0 aliphatic rings. The van der Waals surface area contributed by atoms with E-state index in [1.54, 1.807) is 24.4 Å². The summed E-state index contributed by atoms with van der Waals surface area (Å²) in [5, 5.41) is 10.5. The van der Waals surface area contributed by atoms with Gasteiger partial charge in [-0.25, -0.2) is 0 Å². The quantitative estimate of drug-likeness (QED) is 0.517. The highest BCUT2D eigenvalue weighted by molar-refractivity contribution is 5.65. The van der Waals surface area contributed by atoms with Gasteiger partial charge in [-0.1, -0.05) is 6.07 Å². The molecule has 0 spiro atoms. The van der Waals surface area contributed by atoms with E-state index in [-0.39, 0.29) is 11.8 Å². The number of aromatic nitrogens is 2. The fraction of sp³-hybridized carbons (Fsp3) is 0. The van der Waals surface area contributed by atoms with Gasteiger partial charge in [-0.15, -0.1) is 0 Å². The molecule has 2 aromatic heterocycles. The van der Waals surface area contributed by atoms with Crippen molar-refractivity contribution in [3.05, 3.63) is 34.5 Å². The minimum absolute atomic E-state index is 0.127. The second kappa shape index (κ2) is 2.44. The Morgan fingerprint density at radius 1 is 1.54 bits per heavy atom. The maximum atomic E-state index is 10.5. The van der Waals surface area contributed by atoms with E-state index in [0.29, 0.717) is 5.52 Å². The molecule has 13 heavy (non-hydrogen) atoms. The summed E-state index contributed by atoms with van der Waals surface area (Å²) in [5.74, 6) is -0.0830.